The monoisotopic (exact) mass is 1360 g/mol. The first-order chi connectivity index (χ1) is 51.9. The van der Waals surface area contributed by atoms with Crippen molar-refractivity contribution in [2.45, 2.75) is 0 Å². The Morgan fingerprint density at radius 2 is 0.566 bits per heavy atom. The zero-order valence-electron chi connectivity index (χ0n) is 58.5. The highest BCUT2D eigenvalue weighted by atomic mass is 15.0. The van der Waals surface area contributed by atoms with E-state index in [1.165, 1.54) is 0 Å². The van der Waals surface area contributed by atoms with Crippen LogP contribution in [0.25, 0.3) is 22.3 Å². The van der Waals surface area contributed by atoms with Gasteiger partial charge >= 0.3 is 0 Å². The van der Waals surface area contributed by atoms with Gasteiger partial charge in [0.05, 0.1) is 135 Å². The lowest BCUT2D eigenvalue weighted by Gasteiger charge is -2.09. The number of rotatable bonds is 0. The third-order valence-corrected chi connectivity index (χ3v) is 17.7. The van der Waals surface area contributed by atoms with E-state index in [2.05, 4.69) is 109 Å². The summed E-state index contributed by atoms with van der Waals surface area (Å²) in [6, 6.07) is 32.0. The van der Waals surface area contributed by atoms with Crippen LogP contribution in [0.2, 0.25) is 0 Å². The van der Waals surface area contributed by atoms with Crippen LogP contribution < -0.4 is 33.5 Å². The van der Waals surface area contributed by atoms with Crippen molar-refractivity contribution in [3.8, 4) is 82.9 Å². The van der Waals surface area contributed by atoms with Crippen LogP contribution >= 0.6 is 0 Å². The van der Waals surface area contributed by atoms with E-state index in [1.54, 1.807) is 0 Å². The van der Waals surface area contributed by atoms with E-state index < -0.39 is 0 Å². The van der Waals surface area contributed by atoms with E-state index in [4.69, 9.17) is 25.0 Å². The molecule has 0 spiro atoms. The molecule has 8 aromatic heterocycles. The normalized spacial score (nSPS) is 17.0. The molecule has 3 N–H and O–H groups in total. The second kappa shape index (κ2) is 28.7. The van der Waals surface area contributed by atoms with Crippen LogP contribution in [0.5, 0.6) is 0 Å². The Morgan fingerprint density at radius 3 is 0.943 bits per heavy atom. The smallest absolute Gasteiger partial charge is 0.169 e. The Bertz CT molecular complexity index is 6470. The number of H-pyrrole nitrogens is 3. The van der Waals surface area contributed by atoms with Crippen LogP contribution in [0.4, 0.5) is 0 Å². The molecule has 16 bridgehead atoms. The molecular formula is C92H61N14+5. The molecule has 0 radical (unpaired) electrons. The van der Waals surface area contributed by atoms with Crippen molar-refractivity contribution in [2.24, 2.45) is 60.2 Å². The molecule has 16 heterocycles. The average molecular weight is 1360 g/mol. The molecule has 0 fully saturated rings. The Labute approximate surface area is 613 Å². The maximum absolute atomic E-state index is 5.36. The van der Waals surface area contributed by atoms with Gasteiger partial charge in [-0.05, 0) is 133 Å². The topological polar surface area (TPSA) is 132 Å². The van der Waals surface area contributed by atoms with Gasteiger partial charge in [0.2, 0.25) is 0 Å². The predicted molar refractivity (Wildman–Crippen MR) is 413 cm³/mol. The fourth-order valence-corrected chi connectivity index (χ4v) is 11.9. The second-order valence-electron chi connectivity index (χ2n) is 25.4. The van der Waals surface area contributed by atoms with Crippen LogP contribution in [0.15, 0.2) is 337 Å². The molecule has 8 aliphatic heterocycles. The summed E-state index contributed by atoms with van der Waals surface area (Å²) >= 11 is 0. The number of fused-ring (bicyclic) bond motifs is 11. The largest absolute Gasteiger partial charge is 0.357 e. The molecule has 0 unspecified atom stereocenters. The molecule has 0 aliphatic carbocycles. The number of nitrogens with zero attached hydrogens (tertiary/aromatic N) is 11. The molecule has 494 valence electrons. The lowest BCUT2D eigenvalue weighted by molar-refractivity contribution is -0.671. The first-order valence-electron chi connectivity index (χ1n) is 34.0. The van der Waals surface area contributed by atoms with Gasteiger partial charge in [0.1, 0.15) is 35.2 Å². The fourth-order valence-electron chi connectivity index (χ4n) is 11.9. The van der Waals surface area contributed by atoms with Crippen molar-refractivity contribution in [1.29, 1.82) is 0 Å². The molecule has 0 aromatic carbocycles. The number of hydrogen-bond donors (Lipinski definition) is 3. The zero-order valence-corrected chi connectivity index (χ0v) is 58.5. The molecule has 16 rings (SSSR count). The van der Waals surface area contributed by atoms with Crippen LogP contribution in [0.3, 0.4) is 0 Å². The number of hydrogen-bond acceptors (Lipinski definition) is 6. The van der Waals surface area contributed by atoms with Crippen molar-refractivity contribution < 1.29 is 22.8 Å². The highest BCUT2D eigenvalue weighted by Crippen LogP contribution is 2.32. The lowest BCUT2D eigenvalue weighted by atomic mass is 10.1. The first-order valence-corrected chi connectivity index (χ1v) is 34.0. The van der Waals surface area contributed by atoms with E-state index in [1.807, 2.05) is 314 Å². The number of aromatic amines is 3. The van der Waals surface area contributed by atoms with Gasteiger partial charge in [-0.3, -0.25) is 0 Å². The van der Waals surface area contributed by atoms with Crippen molar-refractivity contribution in [2.75, 3.05) is 7.05 Å². The number of aryl methyl sites for hydroxylation is 5. The summed E-state index contributed by atoms with van der Waals surface area (Å²) in [5.74, 6) is 48.1. The SMILES string of the molecule is CN1C=CC(=C=C=C2c3ccc([nH]3)/C(C#Cc3cc[n+](C)cc3)=C3/C=CC(=N3)/C(C#Cc3cc[n+](C)cc3)=c3/cc/c([nH]3)=C(\C#CC#CC3=C4C=CC(=N4)C(C#Cc4cc[n+](C)cc4)=C4C=CC(=N4)C(C#Cc4cc[n+](C)cc4)=C4C=CC(=N4)C(C#Cc4cc[n+](C)cc4)=C4C=CC3=N4)c3ccc2[nH]3)C=C1. The van der Waals surface area contributed by atoms with Gasteiger partial charge in [0.25, 0.3) is 0 Å². The quantitative estimate of drug-likeness (QED) is 0.0788. The van der Waals surface area contributed by atoms with E-state index >= 15 is 0 Å². The minimum Gasteiger partial charge on any atom is -0.357 e. The Hall–Kier alpha value is -15.4. The summed E-state index contributed by atoms with van der Waals surface area (Å²) in [4.78, 5) is 39.9. The van der Waals surface area contributed by atoms with Gasteiger partial charge < -0.3 is 19.9 Å². The van der Waals surface area contributed by atoms with Crippen LogP contribution in [-0.2, 0) is 35.2 Å². The molecule has 0 saturated carbocycles. The Balaban J connectivity index is 0.893. The average Bonchev–Trinajstić information content (AvgIpc) is 1.64. The third-order valence-electron chi connectivity index (χ3n) is 17.7. The van der Waals surface area contributed by atoms with Gasteiger partial charge in [0, 0.05) is 114 Å². The minimum absolute atomic E-state index is 0.520. The highest BCUT2D eigenvalue weighted by Gasteiger charge is 2.26. The van der Waals surface area contributed by atoms with Crippen molar-refractivity contribution in [3.05, 3.63) is 373 Å². The van der Waals surface area contributed by atoms with Crippen molar-refractivity contribution in [1.82, 2.24) is 19.9 Å². The molecular weight excluding hydrogens is 1300 g/mol. The first kappa shape index (κ1) is 65.2. The van der Waals surface area contributed by atoms with E-state index in [0.717, 1.165) is 55.8 Å². The third kappa shape index (κ3) is 14.4. The van der Waals surface area contributed by atoms with E-state index in [0.29, 0.717) is 113 Å². The molecule has 0 amide bonds. The standard InChI is InChI=1S/C92H60N14/c1-101-51-39-63(40-52-101)11-17-71-81-27-23-77(93-81)69(78-24-28-82(94-78)72(18-12-64-41-53-102(2)54-42-64)86-32-36-90(98-86)75(89-35-31-85(71)97-89)21-15-67-47-59-105(5)60-48-67)9-7-8-10-70-79-25-29-83(95-79)73(19-13-65-43-55-103(3)56-44-65)87-33-37-91(99-87)76(22-16-68-49-61-106(6)62-50-68)92-38-34-88(100-92)74(84-30-26-80(70)96-84)20-14-66-45-57-104(4)58-46-66/h23-62H,1-6H3,(H2,93,94,97,98)/q+4/p+1/b77-69-,78-69?,79-70?,80-70?,81-71-,82-72?,83-73?,84-74?,85-71?,86-72?,87-73?,88-74?,89-75-,90-75?,91-76?,92-76?. The number of nitrogens with one attached hydrogen (secondary N) is 3. The van der Waals surface area contributed by atoms with E-state index in [9.17, 15) is 0 Å². The molecule has 0 atom stereocenters. The maximum Gasteiger partial charge on any atom is 0.169 e. The summed E-state index contributed by atoms with van der Waals surface area (Å²) in [5.41, 5.74) is 26.1. The lowest BCUT2D eigenvalue weighted by Crippen LogP contribution is -2.25. The summed E-state index contributed by atoms with van der Waals surface area (Å²) in [7, 11) is 11.9. The summed E-state index contributed by atoms with van der Waals surface area (Å²) in [5, 5.41) is 1.42. The van der Waals surface area contributed by atoms with Gasteiger partial charge in [-0.15, -0.1) is 0 Å². The summed E-state index contributed by atoms with van der Waals surface area (Å²) in [6.45, 7) is 0. The number of aliphatic imine (C=N–C) groups is 5. The zero-order chi connectivity index (χ0) is 72.0. The molecule has 14 heteroatoms. The van der Waals surface area contributed by atoms with E-state index in [-0.39, 0.29) is 0 Å². The molecule has 0 saturated heterocycles. The summed E-state index contributed by atoms with van der Waals surface area (Å²) in [6.07, 6.45) is 47.3. The van der Waals surface area contributed by atoms with Crippen LogP contribution in [0.1, 0.15) is 50.6 Å². The van der Waals surface area contributed by atoms with Crippen LogP contribution in [0, 0.1) is 82.9 Å². The Morgan fingerprint density at radius 1 is 0.274 bits per heavy atom. The van der Waals surface area contributed by atoms with Crippen LogP contribution in [-0.4, -0.2) is 55.5 Å². The molecule has 8 aliphatic rings. The molecule has 8 aromatic rings. The molecule has 106 heavy (non-hydrogen) atoms. The highest BCUT2D eigenvalue weighted by molar-refractivity contribution is 6.31. The predicted octanol–water partition coefficient (Wildman–Crippen LogP) is 8.30. The maximum atomic E-state index is 5.36. The second-order valence-corrected chi connectivity index (χ2v) is 25.4. The number of aromatic nitrogens is 8. The van der Waals surface area contributed by atoms with Gasteiger partial charge in [-0.1, -0.05) is 70.7 Å². The van der Waals surface area contributed by atoms with Gasteiger partial charge in [-0.2, -0.15) is 0 Å². The number of allylic oxidation sites excluding steroid dienone is 18. The van der Waals surface area contributed by atoms with Gasteiger partial charge in [0.15, 0.2) is 62.0 Å². The van der Waals surface area contributed by atoms with Crippen molar-refractivity contribution >= 4 is 50.9 Å². The number of pyridine rings is 5. The fraction of sp³-hybridized carbons (Fsp3) is 0.0652. The Kier molecular flexibility index (Phi) is 17.6. The van der Waals surface area contributed by atoms with Crippen molar-refractivity contribution in [3.63, 3.8) is 0 Å². The van der Waals surface area contributed by atoms with Gasteiger partial charge in [-0.25, -0.2) is 47.8 Å². The molecule has 14 nitrogen and oxygen atoms in total. The minimum atomic E-state index is 0.520. The summed E-state index contributed by atoms with van der Waals surface area (Å²) < 4.78 is 9.88.